The highest BCUT2D eigenvalue weighted by molar-refractivity contribution is 5.30. The van der Waals surface area contributed by atoms with Gasteiger partial charge in [-0.05, 0) is 45.7 Å². The first-order valence-electron chi connectivity index (χ1n) is 7.51. The maximum absolute atomic E-state index is 5.54. The van der Waals surface area contributed by atoms with E-state index in [1.54, 1.807) is 7.11 Å². The Labute approximate surface area is 116 Å². The summed E-state index contributed by atoms with van der Waals surface area (Å²) in [5, 5.41) is 8.01. The van der Waals surface area contributed by atoms with Crippen molar-refractivity contribution in [3.05, 3.63) is 11.9 Å². The third-order valence-corrected chi connectivity index (χ3v) is 4.17. The summed E-state index contributed by atoms with van der Waals surface area (Å²) in [6.07, 6.45) is 5.75. The van der Waals surface area contributed by atoms with Crippen molar-refractivity contribution in [2.24, 2.45) is 5.92 Å². The summed E-state index contributed by atoms with van der Waals surface area (Å²) in [4.78, 5) is 0. The van der Waals surface area contributed by atoms with Crippen molar-refractivity contribution in [1.82, 2.24) is 15.1 Å². The van der Waals surface area contributed by atoms with Gasteiger partial charge in [-0.15, -0.1) is 0 Å². The van der Waals surface area contributed by atoms with Gasteiger partial charge in [0, 0.05) is 12.0 Å². The second kappa shape index (κ2) is 6.42. The molecule has 0 aromatic carbocycles. The van der Waals surface area contributed by atoms with Crippen LogP contribution in [0.4, 0.5) is 0 Å². The lowest BCUT2D eigenvalue weighted by molar-refractivity contribution is 0.371. The lowest BCUT2D eigenvalue weighted by Gasteiger charge is -2.23. The first kappa shape index (κ1) is 14.4. The van der Waals surface area contributed by atoms with E-state index in [2.05, 4.69) is 35.9 Å². The summed E-state index contributed by atoms with van der Waals surface area (Å²) in [5.74, 6) is 2.25. The number of nitrogens with zero attached hydrogens (tertiary/aromatic N) is 2. The molecule has 2 atom stereocenters. The molecule has 1 saturated carbocycles. The number of hydrogen-bond donors (Lipinski definition) is 1. The van der Waals surface area contributed by atoms with Crippen LogP contribution in [0.3, 0.4) is 0 Å². The zero-order valence-electron chi connectivity index (χ0n) is 12.6. The van der Waals surface area contributed by atoms with Crippen LogP contribution in [0.1, 0.15) is 57.7 Å². The van der Waals surface area contributed by atoms with Crippen LogP contribution in [0.5, 0.6) is 5.75 Å². The first-order valence-corrected chi connectivity index (χ1v) is 7.51. The molecule has 1 fully saturated rings. The van der Waals surface area contributed by atoms with Crippen molar-refractivity contribution in [3.63, 3.8) is 0 Å². The number of nitrogens with one attached hydrogen (secondary N) is 1. The first-order chi connectivity index (χ1) is 9.19. The molecule has 0 amide bonds. The second-order valence-electron chi connectivity index (χ2n) is 5.74. The Bertz CT molecular complexity index is 400. The van der Waals surface area contributed by atoms with E-state index >= 15 is 0 Å². The molecule has 2 rings (SSSR count). The highest BCUT2D eigenvalue weighted by Crippen LogP contribution is 2.43. The van der Waals surface area contributed by atoms with Crippen molar-refractivity contribution in [3.8, 4) is 5.75 Å². The van der Waals surface area contributed by atoms with Gasteiger partial charge in [-0.2, -0.15) is 5.10 Å². The van der Waals surface area contributed by atoms with Crippen LogP contribution < -0.4 is 10.1 Å². The molecular weight excluding hydrogens is 238 g/mol. The van der Waals surface area contributed by atoms with Crippen LogP contribution in [0.25, 0.3) is 0 Å². The van der Waals surface area contributed by atoms with E-state index in [-0.39, 0.29) is 0 Å². The summed E-state index contributed by atoms with van der Waals surface area (Å²) in [6, 6.07) is 0.388. The van der Waals surface area contributed by atoms with E-state index in [0.717, 1.165) is 18.8 Å². The molecule has 1 aliphatic carbocycles. The monoisotopic (exact) mass is 265 g/mol. The van der Waals surface area contributed by atoms with Gasteiger partial charge in [-0.3, -0.25) is 4.68 Å². The Morgan fingerprint density at radius 1 is 1.47 bits per heavy atom. The summed E-state index contributed by atoms with van der Waals surface area (Å²) >= 11 is 0. The zero-order chi connectivity index (χ0) is 13.8. The van der Waals surface area contributed by atoms with Crippen LogP contribution in [0, 0.1) is 5.92 Å². The minimum Gasteiger partial charge on any atom is -0.493 e. The number of rotatable bonds is 6. The molecule has 1 aliphatic rings. The van der Waals surface area contributed by atoms with E-state index in [1.807, 2.05) is 6.20 Å². The summed E-state index contributed by atoms with van der Waals surface area (Å²) < 4.78 is 7.68. The second-order valence-corrected chi connectivity index (χ2v) is 5.74. The largest absolute Gasteiger partial charge is 0.493 e. The Kier molecular flexibility index (Phi) is 4.86. The van der Waals surface area contributed by atoms with Gasteiger partial charge >= 0.3 is 0 Å². The zero-order valence-corrected chi connectivity index (χ0v) is 12.6. The third-order valence-electron chi connectivity index (χ3n) is 4.17. The van der Waals surface area contributed by atoms with Gasteiger partial charge in [0.2, 0.25) is 0 Å². The quantitative estimate of drug-likeness (QED) is 0.859. The molecule has 0 aliphatic heterocycles. The van der Waals surface area contributed by atoms with Crippen molar-refractivity contribution >= 4 is 0 Å². The molecule has 1 heterocycles. The minimum absolute atomic E-state index is 0.388. The van der Waals surface area contributed by atoms with Crippen molar-refractivity contribution < 1.29 is 4.74 Å². The van der Waals surface area contributed by atoms with E-state index < -0.39 is 0 Å². The lowest BCUT2D eigenvalue weighted by Crippen LogP contribution is -2.25. The summed E-state index contributed by atoms with van der Waals surface area (Å²) in [7, 11) is 1.75. The topological polar surface area (TPSA) is 39.1 Å². The van der Waals surface area contributed by atoms with Crippen molar-refractivity contribution in [1.29, 1.82) is 0 Å². The average Bonchev–Trinajstić information content (AvgIpc) is 3.01. The number of hydrogen-bond acceptors (Lipinski definition) is 3. The molecular formula is C15H27N3O. The Hall–Kier alpha value is -1.03. The van der Waals surface area contributed by atoms with Gasteiger partial charge in [-0.25, -0.2) is 0 Å². The van der Waals surface area contributed by atoms with Crippen molar-refractivity contribution in [2.75, 3.05) is 20.2 Å². The average molecular weight is 265 g/mol. The van der Waals surface area contributed by atoms with Gasteiger partial charge in [0.1, 0.15) is 0 Å². The van der Waals surface area contributed by atoms with E-state index in [4.69, 9.17) is 4.74 Å². The molecule has 108 valence electrons. The maximum Gasteiger partial charge on any atom is 0.160 e. The Morgan fingerprint density at radius 3 is 2.89 bits per heavy atom. The smallest absolute Gasteiger partial charge is 0.160 e. The van der Waals surface area contributed by atoms with Gasteiger partial charge in [0.05, 0.1) is 19.0 Å². The van der Waals surface area contributed by atoms with Crippen molar-refractivity contribution in [2.45, 2.75) is 52.0 Å². The molecule has 0 saturated heterocycles. The van der Waals surface area contributed by atoms with Gasteiger partial charge in [-0.1, -0.05) is 13.3 Å². The van der Waals surface area contributed by atoms with Crippen LogP contribution in [-0.2, 0) is 0 Å². The predicted octanol–water partition coefficient (Wildman–Crippen LogP) is 2.97. The van der Waals surface area contributed by atoms with E-state index in [1.165, 1.54) is 25.0 Å². The fourth-order valence-corrected chi connectivity index (χ4v) is 3.25. The number of methoxy groups -OCH3 is 1. The molecule has 0 radical (unpaired) electrons. The molecule has 0 bridgehead atoms. The van der Waals surface area contributed by atoms with E-state index in [0.29, 0.717) is 17.9 Å². The molecule has 1 aromatic heterocycles. The lowest BCUT2D eigenvalue weighted by atomic mass is 9.92. The molecule has 4 heteroatoms. The van der Waals surface area contributed by atoms with Gasteiger partial charge in [0.25, 0.3) is 0 Å². The van der Waals surface area contributed by atoms with Gasteiger partial charge in [0.15, 0.2) is 5.75 Å². The molecule has 4 nitrogen and oxygen atoms in total. The highest BCUT2D eigenvalue weighted by Gasteiger charge is 2.33. The minimum atomic E-state index is 0.388. The standard InChI is InChI=1S/C15H27N3O/c1-5-16-9-12-7-6-8-13(12)15-14(19-4)10-17-18(15)11(2)3/h10-13,16H,5-9H2,1-4H3. The van der Waals surface area contributed by atoms with Gasteiger partial charge < -0.3 is 10.1 Å². The number of aromatic nitrogens is 2. The molecule has 0 spiro atoms. The molecule has 19 heavy (non-hydrogen) atoms. The van der Waals surface area contributed by atoms with Crippen LogP contribution in [0.15, 0.2) is 6.20 Å². The summed E-state index contributed by atoms with van der Waals surface area (Å²) in [5.41, 5.74) is 1.30. The Balaban J connectivity index is 2.25. The normalized spacial score (nSPS) is 23.2. The fraction of sp³-hybridized carbons (Fsp3) is 0.800. The van der Waals surface area contributed by atoms with Crippen LogP contribution in [0.2, 0.25) is 0 Å². The molecule has 1 N–H and O–H groups in total. The highest BCUT2D eigenvalue weighted by atomic mass is 16.5. The SMILES string of the molecule is CCNCC1CCCC1c1c(OC)cnn1C(C)C. The molecule has 2 unspecified atom stereocenters. The summed E-state index contributed by atoms with van der Waals surface area (Å²) in [6.45, 7) is 8.69. The van der Waals surface area contributed by atoms with Crippen LogP contribution >= 0.6 is 0 Å². The Morgan fingerprint density at radius 2 is 2.26 bits per heavy atom. The van der Waals surface area contributed by atoms with Crippen LogP contribution in [-0.4, -0.2) is 30.0 Å². The fourth-order valence-electron chi connectivity index (χ4n) is 3.25. The molecule has 1 aromatic rings. The maximum atomic E-state index is 5.54. The van der Waals surface area contributed by atoms with E-state index in [9.17, 15) is 0 Å². The third kappa shape index (κ3) is 2.94. The predicted molar refractivity (Wildman–Crippen MR) is 77.8 cm³/mol. The number of ether oxygens (including phenoxy) is 1.